The number of benzene rings is 1. The second-order valence-corrected chi connectivity index (χ2v) is 8.89. The van der Waals surface area contributed by atoms with Crippen LogP contribution in [-0.4, -0.2) is 60.8 Å². The second-order valence-electron chi connectivity index (χ2n) is 6.95. The van der Waals surface area contributed by atoms with Crippen LogP contribution in [0.3, 0.4) is 0 Å². The van der Waals surface area contributed by atoms with E-state index < -0.39 is 10.0 Å². The molecule has 2 aromatic rings. The zero-order valence-corrected chi connectivity index (χ0v) is 17.6. The van der Waals surface area contributed by atoms with Crippen molar-refractivity contribution >= 4 is 15.9 Å². The van der Waals surface area contributed by atoms with E-state index in [0.717, 1.165) is 12.0 Å². The fraction of sp³-hybridized carbons (Fsp3) is 0.429. The molecule has 0 radical (unpaired) electrons. The molecule has 0 spiro atoms. The molecule has 1 fully saturated rings. The van der Waals surface area contributed by atoms with Crippen LogP contribution < -0.4 is 0 Å². The average Bonchev–Trinajstić information content (AvgIpc) is 3.22. The number of rotatable bonds is 8. The molecule has 1 atom stereocenters. The van der Waals surface area contributed by atoms with Crippen molar-refractivity contribution in [2.45, 2.75) is 37.9 Å². The van der Waals surface area contributed by atoms with E-state index >= 15 is 0 Å². The van der Waals surface area contributed by atoms with E-state index in [0.29, 0.717) is 38.3 Å². The third-order valence-electron chi connectivity index (χ3n) is 5.09. The summed E-state index contributed by atoms with van der Waals surface area (Å²) < 4.78 is 32.4. The molecule has 0 saturated carbocycles. The Balaban J connectivity index is 1.59. The molecule has 8 heteroatoms. The lowest BCUT2D eigenvalue weighted by Gasteiger charge is -2.19. The molecule has 156 valence electrons. The van der Waals surface area contributed by atoms with Crippen LogP contribution in [0.25, 0.3) is 0 Å². The first-order valence-electron chi connectivity index (χ1n) is 9.85. The van der Waals surface area contributed by atoms with Gasteiger partial charge in [-0.2, -0.15) is 4.31 Å². The standard InChI is InChI=1S/C21H27N3O4S/c1-3-24(4-2)29(26,27)20-9-7-18(8-10-20)21(25)23-13-11-19(15-23)28-16-17-6-5-12-22-14-17/h5-10,12,14,19H,3-4,11,13,15-16H2,1-2H3. The molecule has 1 saturated heterocycles. The van der Waals surface area contributed by atoms with E-state index in [4.69, 9.17) is 4.74 Å². The number of hydrogen-bond acceptors (Lipinski definition) is 5. The molecule has 1 amide bonds. The minimum absolute atomic E-state index is 0.0125. The molecule has 7 nitrogen and oxygen atoms in total. The van der Waals surface area contributed by atoms with Crippen molar-refractivity contribution in [2.24, 2.45) is 0 Å². The van der Waals surface area contributed by atoms with Gasteiger partial charge in [0.25, 0.3) is 5.91 Å². The fourth-order valence-electron chi connectivity index (χ4n) is 3.41. The summed E-state index contributed by atoms with van der Waals surface area (Å²) in [5.74, 6) is -0.107. The monoisotopic (exact) mass is 417 g/mol. The maximum absolute atomic E-state index is 12.8. The molecule has 1 unspecified atom stereocenters. The largest absolute Gasteiger partial charge is 0.372 e. The number of ether oxygens (including phenoxy) is 1. The minimum Gasteiger partial charge on any atom is -0.372 e. The van der Waals surface area contributed by atoms with Crippen molar-refractivity contribution < 1.29 is 17.9 Å². The molecule has 3 rings (SSSR count). The van der Waals surface area contributed by atoms with E-state index in [2.05, 4.69) is 4.98 Å². The lowest BCUT2D eigenvalue weighted by Crippen LogP contribution is -2.31. The lowest BCUT2D eigenvalue weighted by molar-refractivity contribution is 0.0436. The van der Waals surface area contributed by atoms with Crippen LogP contribution in [0.2, 0.25) is 0 Å². The Kier molecular flexibility index (Phi) is 7.00. The molecule has 1 aromatic carbocycles. The first-order chi connectivity index (χ1) is 14.0. The first kappa shape index (κ1) is 21.4. The number of pyridine rings is 1. The summed E-state index contributed by atoms with van der Waals surface area (Å²) in [4.78, 5) is 18.8. The number of carbonyl (C=O) groups is 1. The number of nitrogens with zero attached hydrogens (tertiary/aromatic N) is 3. The molecule has 2 heterocycles. The number of carbonyl (C=O) groups excluding carboxylic acids is 1. The summed E-state index contributed by atoms with van der Waals surface area (Å²) in [6.45, 7) is 6.05. The molecule has 0 N–H and O–H groups in total. The van der Waals surface area contributed by atoms with Gasteiger partial charge in [-0.15, -0.1) is 0 Å². The summed E-state index contributed by atoms with van der Waals surface area (Å²) >= 11 is 0. The smallest absolute Gasteiger partial charge is 0.253 e. The number of likely N-dealkylation sites (tertiary alicyclic amines) is 1. The van der Waals surface area contributed by atoms with Crippen LogP contribution in [0.15, 0.2) is 53.7 Å². The highest BCUT2D eigenvalue weighted by atomic mass is 32.2. The Labute approximate surface area is 172 Å². The van der Waals surface area contributed by atoms with Crippen LogP contribution in [0, 0.1) is 0 Å². The van der Waals surface area contributed by atoms with Crippen molar-refractivity contribution in [2.75, 3.05) is 26.2 Å². The van der Waals surface area contributed by atoms with Crippen LogP contribution in [0.4, 0.5) is 0 Å². The molecule has 1 aliphatic rings. The number of hydrogen-bond donors (Lipinski definition) is 0. The predicted octanol–water partition coefficient (Wildman–Crippen LogP) is 2.54. The van der Waals surface area contributed by atoms with E-state index in [9.17, 15) is 13.2 Å². The quantitative estimate of drug-likeness (QED) is 0.659. The van der Waals surface area contributed by atoms with Crippen molar-refractivity contribution in [3.63, 3.8) is 0 Å². The van der Waals surface area contributed by atoms with Gasteiger partial charge in [0.15, 0.2) is 0 Å². The molecular formula is C21H27N3O4S. The first-order valence-corrected chi connectivity index (χ1v) is 11.3. The van der Waals surface area contributed by atoms with Gasteiger partial charge in [-0.05, 0) is 42.3 Å². The molecule has 29 heavy (non-hydrogen) atoms. The summed E-state index contributed by atoms with van der Waals surface area (Å²) in [5, 5.41) is 0. The third-order valence-corrected chi connectivity index (χ3v) is 7.15. The van der Waals surface area contributed by atoms with E-state index in [1.807, 2.05) is 12.1 Å². The summed E-state index contributed by atoms with van der Waals surface area (Å²) in [6, 6.07) is 10.0. The van der Waals surface area contributed by atoms with Gasteiger partial charge >= 0.3 is 0 Å². The van der Waals surface area contributed by atoms with Gasteiger partial charge in [0.1, 0.15) is 0 Å². The van der Waals surface area contributed by atoms with Crippen molar-refractivity contribution in [3.05, 3.63) is 59.9 Å². The Morgan fingerprint density at radius 1 is 1.21 bits per heavy atom. The van der Waals surface area contributed by atoms with Gasteiger partial charge in [0, 0.05) is 44.1 Å². The van der Waals surface area contributed by atoms with Crippen LogP contribution in [0.1, 0.15) is 36.2 Å². The molecule has 1 aliphatic heterocycles. The number of aromatic nitrogens is 1. The fourth-order valence-corrected chi connectivity index (χ4v) is 4.87. The Morgan fingerprint density at radius 2 is 1.93 bits per heavy atom. The molecule has 1 aromatic heterocycles. The van der Waals surface area contributed by atoms with Gasteiger partial charge in [-0.1, -0.05) is 19.9 Å². The summed E-state index contributed by atoms with van der Waals surface area (Å²) in [7, 11) is -3.52. The molecular weight excluding hydrogens is 390 g/mol. The summed E-state index contributed by atoms with van der Waals surface area (Å²) in [5.41, 5.74) is 1.48. The van der Waals surface area contributed by atoms with Gasteiger partial charge in [0.2, 0.25) is 10.0 Å². The maximum atomic E-state index is 12.8. The van der Waals surface area contributed by atoms with Gasteiger partial charge < -0.3 is 9.64 Å². The number of sulfonamides is 1. The highest BCUT2D eigenvalue weighted by Gasteiger charge is 2.28. The molecule has 0 bridgehead atoms. The lowest BCUT2D eigenvalue weighted by atomic mass is 10.2. The Morgan fingerprint density at radius 3 is 2.55 bits per heavy atom. The minimum atomic E-state index is -3.52. The summed E-state index contributed by atoms with van der Waals surface area (Å²) in [6.07, 6.45) is 4.26. The normalized spacial score (nSPS) is 17.1. The zero-order chi connectivity index (χ0) is 20.9. The van der Waals surface area contributed by atoms with Crippen LogP contribution in [0.5, 0.6) is 0 Å². The van der Waals surface area contributed by atoms with Gasteiger partial charge in [-0.3, -0.25) is 9.78 Å². The maximum Gasteiger partial charge on any atom is 0.253 e. The van der Waals surface area contributed by atoms with Crippen molar-refractivity contribution in [3.8, 4) is 0 Å². The Hall–Kier alpha value is -2.29. The Bertz CT molecular complexity index is 913. The van der Waals surface area contributed by atoms with E-state index in [-0.39, 0.29) is 16.9 Å². The van der Waals surface area contributed by atoms with Crippen LogP contribution in [-0.2, 0) is 21.4 Å². The van der Waals surface area contributed by atoms with E-state index in [1.165, 1.54) is 16.4 Å². The molecule has 0 aliphatic carbocycles. The van der Waals surface area contributed by atoms with Gasteiger partial charge in [0.05, 0.1) is 17.6 Å². The SMILES string of the molecule is CCN(CC)S(=O)(=O)c1ccc(C(=O)N2CCC(OCc3cccnc3)C2)cc1. The van der Waals surface area contributed by atoms with Crippen molar-refractivity contribution in [1.82, 2.24) is 14.2 Å². The highest BCUT2D eigenvalue weighted by Crippen LogP contribution is 2.20. The third kappa shape index (κ3) is 5.01. The second kappa shape index (κ2) is 9.47. The number of amides is 1. The van der Waals surface area contributed by atoms with Crippen LogP contribution >= 0.6 is 0 Å². The van der Waals surface area contributed by atoms with Crippen molar-refractivity contribution in [1.29, 1.82) is 0 Å². The van der Waals surface area contributed by atoms with E-state index in [1.54, 1.807) is 43.3 Å². The zero-order valence-electron chi connectivity index (χ0n) is 16.8. The predicted molar refractivity (Wildman–Crippen MR) is 110 cm³/mol. The average molecular weight is 418 g/mol. The van der Waals surface area contributed by atoms with Gasteiger partial charge in [-0.25, -0.2) is 8.42 Å². The highest BCUT2D eigenvalue weighted by molar-refractivity contribution is 7.89. The topological polar surface area (TPSA) is 79.8 Å².